The topological polar surface area (TPSA) is 102 Å². The lowest BCUT2D eigenvalue weighted by Gasteiger charge is -2.05. The number of aryl methyl sites for hydroxylation is 2. The molecule has 0 radical (unpaired) electrons. The fraction of sp³-hybridized carbons (Fsp3) is 0.577. The van der Waals surface area contributed by atoms with E-state index in [-0.39, 0.29) is 11.9 Å². The highest BCUT2D eigenvalue weighted by Gasteiger charge is 2.10. The van der Waals surface area contributed by atoms with E-state index in [1.54, 1.807) is 6.08 Å². The number of hydrogen-bond donors (Lipinski definition) is 3. The number of nitrogens with one attached hydrogen (secondary N) is 1. The molecule has 7 nitrogen and oxygen atoms in total. The fourth-order valence-electron chi connectivity index (χ4n) is 3.44. The largest absolute Gasteiger partial charge is 0.370 e. The Kier molecular flexibility index (Phi) is 13.6. The molecule has 0 aromatic carbocycles. The summed E-state index contributed by atoms with van der Waals surface area (Å²) < 4.78 is 4.21. The summed E-state index contributed by atoms with van der Waals surface area (Å²) in [5.74, 6) is 0.476. The van der Waals surface area contributed by atoms with Crippen LogP contribution in [0, 0.1) is 5.92 Å². The summed E-state index contributed by atoms with van der Waals surface area (Å²) >= 11 is 0. The molecule has 1 amide bonds. The van der Waals surface area contributed by atoms with E-state index in [9.17, 15) is 4.79 Å². The molecule has 1 rings (SSSR count). The molecule has 0 saturated carbocycles. The smallest absolute Gasteiger partial charge is 0.243 e. The maximum atomic E-state index is 12.2. The van der Waals surface area contributed by atoms with Crippen molar-refractivity contribution in [3.63, 3.8) is 0 Å². The third kappa shape index (κ3) is 14.0. The van der Waals surface area contributed by atoms with Gasteiger partial charge in [0.25, 0.3) is 0 Å². The van der Waals surface area contributed by atoms with Crippen molar-refractivity contribution in [1.29, 1.82) is 0 Å². The zero-order valence-electron chi connectivity index (χ0n) is 21.3. The lowest BCUT2D eigenvalue weighted by atomic mass is 10.0. The normalized spacial score (nSPS) is 12.6. The second-order valence-corrected chi connectivity index (χ2v) is 9.07. The molecular formula is C26H45N6O+. The number of aromatic nitrogens is 2. The van der Waals surface area contributed by atoms with Crippen LogP contribution in [0.15, 0.2) is 53.0 Å². The van der Waals surface area contributed by atoms with Gasteiger partial charge in [-0.1, -0.05) is 36.3 Å². The monoisotopic (exact) mass is 457 g/mol. The second kappa shape index (κ2) is 15.9. The Bertz CT molecular complexity index is 839. The molecule has 0 bridgehead atoms. The van der Waals surface area contributed by atoms with Crippen molar-refractivity contribution in [2.75, 3.05) is 13.1 Å². The van der Waals surface area contributed by atoms with E-state index in [2.05, 4.69) is 65.5 Å². The maximum absolute atomic E-state index is 12.2. The Morgan fingerprint density at radius 1 is 1.24 bits per heavy atom. The lowest BCUT2D eigenvalue weighted by Crippen LogP contribution is -2.31. The van der Waals surface area contributed by atoms with E-state index >= 15 is 0 Å². The summed E-state index contributed by atoms with van der Waals surface area (Å²) in [6.45, 7) is 10.7. The third-order valence-electron chi connectivity index (χ3n) is 5.42. The molecule has 33 heavy (non-hydrogen) atoms. The van der Waals surface area contributed by atoms with Gasteiger partial charge in [-0.05, 0) is 58.4 Å². The molecule has 1 aromatic heterocycles. The van der Waals surface area contributed by atoms with Crippen LogP contribution in [-0.2, 0) is 24.8 Å². The summed E-state index contributed by atoms with van der Waals surface area (Å²) in [5.41, 5.74) is 14.7. The van der Waals surface area contributed by atoms with Crippen LogP contribution in [0.25, 0.3) is 0 Å². The lowest BCUT2D eigenvalue weighted by molar-refractivity contribution is -0.696. The summed E-state index contributed by atoms with van der Waals surface area (Å²) in [6.07, 6.45) is 18.4. The Hall–Kier alpha value is -2.83. The van der Waals surface area contributed by atoms with Gasteiger partial charge in [0.2, 0.25) is 12.2 Å². The first kappa shape index (κ1) is 28.2. The van der Waals surface area contributed by atoms with E-state index in [4.69, 9.17) is 11.5 Å². The Morgan fingerprint density at radius 2 is 2.00 bits per heavy atom. The molecular weight excluding hydrogens is 412 g/mol. The minimum Gasteiger partial charge on any atom is -0.370 e. The maximum Gasteiger partial charge on any atom is 0.243 e. The summed E-state index contributed by atoms with van der Waals surface area (Å²) in [6, 6.07) is 0. The van der Waals surface area contributed by atoms with E-state index in [1.165, 1.54) is 16.8 Å². The Labute approximate surface area is 200 Å². The average Bonchev–Trinajstić information content (AvgIpc) is 3.08. The number of nitrogens with two attached hydrogens (primary N) is 2. The molecule has 1 heterocycles. The molecule has 0 fully saturated rings. The number of aliphatic imine (C=N–C) groups is 1. The van der Waals surface area contributed by atoms with Gasteiger partial charge in [0.1, 0.15) is 11.9 Å². The summed E-state index contributed by atoms with van der Waals surface area (Å²) in [4.78, 5) is 16.2. The highest BCUT2D eigenvalue weighted by Crippen LogP contribution is 2.12. The van der Waals surface area contributed by atoms with Gasteiger partial charge in [0, 0.05) is 25.9 Å². The molecule has 7 heteroatoms. The number of carbonyl (C=O) groups is 1. The number of allylic oxidation sites excluding steroid dienone is 5. The van der Waals surface area contributed by atoms with Gasteiger partial charge in [-0.2, -0.15) is 0 Å². The number of carbonyl (C=O) groups excluding carboxylic acids is 1. The van der Waals surface area contributed by atoms with Crippen molar-refractivity contribution in [3.05, 3.63) is 53.7 Å². The highest BCUT2D eigenvalue weighted by molar-refractivity contribution is 5.87. The molecule has 0 aliphatic rings. The van der Waals surface area contributed by atoms with Crippen LogP contribution in [0.5, 0.6) is 0 Å². The first-order valence-electron chi connectivity index (χ1n) is 12.0. The van der Waals surface area contributed by atoms with Gasteiger partial charge in [-0.15, -0.1) is 0 Å². The number of nitrogens with zero attached hydrogens (tertiary/aromatic N) is 3. The first-order chi connectivity index (χ1) is 15.7. The van der Waals surface area contributed by atoms with Crippen LogP contribution in [0.4, 0.5) is 0 Å². The minimum atomic E-state index is -0.0328. The Morgan fingerprint density at radius 3 is 2.70 bits per heavy atom. The molecule has 0 saturated heterocycles. The number of amides is 1. The number of imidazole rings is 1. The van der Waals surface area contributed by atoms with Crippen LogP contribution in [-0.4, -0.2) is 29.5 Å². The zero-order valence-corrected chi connectivity index (χ0v) is 21.3. The number of rotatable bonds is 15. The molecule has 0 aliphatic carbocycles. The summed E-state index contributed by atoms with van der Waals surface area (Å²) in [5, 5.41) is 2.98. The Balaban J connectivity index is 2.29. The van der Waals surface area contributed by atoms with Crippen LogP contribution in [0.3, 0.4) is 0 Å². The standard InChI is InChI=1S/C26H44N6O/c1-21(2)9-6-10-22(3)11-7-12-23(4)13-14-25(33)29-17-15-24-19-32(20-31(24)5)18-8-16-30-26(27)28/h9,11,13-14,19-20,23H,6-8,10,12,15-18H2,1-5H3,(H4-,27,28,29,30,33)/p+1/b14-13+,22-11+/t23-/m0/s1. The zero-order chi connectivity index (χ0) is 24.6. The molecule has 1 atom stereocenters. The van der Waals surface area contributed by atoms with E-state index in [1.807, 2.05) is 19.5 Å². The van der Waals surface area contributed by atoms with Crippen molar-refractivity contribution in [1.82, 2.24) is 9.88 Å². The molecule has 5 N–H and O–H groups in total. The first-order valence-corrected chi connectivity index (χ1v) is 12.0. The van der Waals surface area contributed by atoms with E-state index in [0.717, 1.165) is 45.1 Å². The third-order valence-corrected chi connectivity index (χ3v) is 5.42. The van der Waals surface area contributed by atoms with Crippen molar-refractivity contribution >= 4 is 11.9 Å². The molecule has 0 spiro atoms. The molecule has 1 aromatic rings. The van der Waals surface area contributed by atoms with Gasteiger partial charge in [-0.3, -0.25) is 9.79 Å². The van der Waals surface area contributed by atoms with Gasteiger partial charge in [0.05, 0.1) is 13.6 Å². The van der Waals surface area contributed by atoms with Gasteiger partial charge in [0.15, 0.2) is 5.96 Å². The number of hydrogen-bond acceptors (Lipinski definition) is 2. The van der Waals surface area contributed by atoms with Crippen LogP contribution < -0.4 is 21.4 Å². The number of guanidine groups is 1. The molecule has 0 aliphatic heterocycles. The van der Waals surface area contributed by atoms with Crippen LogP contribution in [0.1, 0.15) is 65.5 Å². The van der Waals surface area contributed by atoms with Gasteiger partial charge in [-0.25, -0.2) is 9.13 Å². The summed E-state index contributed by atoms with van der Waals surface area (Å²) in [7, 11) is 2.02. The predicted molar refractivity (Wildman–Crippen MR) is 138 cm³/mol. The average molecular weight is 458 g/mol. The predicted octanol–water partition coefficient (Wildman–Crippen LogP) is 3.30. The highest BCUT2D eigenvalue weighted by atomic mass is 16.1. The van der Waals surface area contributed by atoms with Crippen molar-refractivity contribution in [3.8, 4) is 0 Å². The quantitative estimate of drug-likeness (QED) is 0.0940. The SMILES string of the molecule is CC(C)=CCC/C(C)=C/CC[C@H](C)/C=C/C(=O)NCCc1c[n+](CCCN=C(N)N)cn1C. The van der Waals surface area contributed by atoms with Crippen molar-refractivity contribution in [2.24, 2.45) is 29.4 Å². The van der Waals surface area contributed by atoms with E-state index in [0.29, 0.717) is 19.0 Å². The second-order valence-electron chi connectivity index (χ2n) is 9.07. The molecule has 0 unspecified atom stereocenters. The minimum absolute atomic E-state index is 0.0328. The van der Waals surface area contributed by atoms with Crippen molar-refractivity contribution < 1.29 is 9.36 Å². The van der Waals surface area contributed by atoms with Crippen LogP contribution in [0.2, 0.25) is 0 Å². The van der Waals surface area contributed by atoms with Crippen LogP contribution >= 0.6 is 0 Å². The molecule has 184 valence electrons. The fourth-order valence-corrected chi connectivity index (χ4v) is 3.44. The van der Waals surface area contributed by atoms with E-state index < -0.39 is 0 Å². The van der Waals surface area contributed by atoms with Gasteiger partial charge >= 0.3 is 0 Å². The van der Waals surface area contributed by atoms with Gasteiger partial charge < -0.3 is 16.8 Å². The van der Waals surface area contributed by atoms with Crippen molar-refractivity contribution in [2.45, 2.75) is 72.8 Å².